The van der Waals surface area contributed by atoms with Crippen LogP contribution in [-0.2, 0) is 26.1 Å². The van der Waals surface area contributed by atoms with Crippen molar-refractivity contribution in [3.63, 3.8) is 0 Å². The average Bonchev–Trinajstić information content (AvgIpc) is 2.83. The van der Waals surface area contributed by atoms with Gasteiger partial charge in [0.15, 0.2) is 0 Å². The number of hydrogen-bond acceptors (Lipinski definition) is 7. The molecule has 4 rings (SSSR count). The number of carbonyl (C=O) groups is 1. The molecule has 0 N–H and O–H groups in total. The monoisotopic (exact) mass is 482 g/mol. The van der Waals surface area contributed by atoms with Crippen LogP contribution in [0.25, 0.3) is 0 Å². The molecule has 9 heteroatoms. The molecular formula is C25H26N2O6S. The molecule has 1 fully saturated rings. The zero-order valence-corrected chi connectivity index (χ0v) is 19.8. The van der Waals surface area contributed by atoms with Crippen molar-refractivity contribution in [3.05, 3.63) is 84.2 Å². The Morgan fingerprint density at radius 2 is 1.82 bits per heavy atom. The highest BCUT2D eigenvalue weighted by atomic mass is 32.2. The van der Waals surface area contributed by atoms with Gasteiger partial charge in [0.05, 0.1) is 28.9 Å². The molecule has 34 heavy (non-hydrogen) atoms. The number of ether oxygens (including phenoxy) is 3. The molecule has 1 aromatic heterocycles. The number of carbonyl (C=O) groups excluding carboxylic acids is 1. The van der Waals surface area contributed by atoms with E-state index >= 15 is 0 Å². The number of rotatable bonds is 7. The van der Waals surface area contributed by atoms with Crippen LogP contribution >= 0.6 is 0 Å². The Labute approximate surface area is 199 Å². The molecule has 2 aromatic carbocycles. The third kappa shape index (κ3) is 5.61. The van der Waals surface area contributed by atoms with Gasteiger partial charge in [0.2, 0.25) is 10.0 Å². The van der Waals surface area contributed by atoms with E-state index in [9.17, 15) is 13.2 Å². The molecule has 0 aliphatic carbocycles. The van der Waals surface area contributed by atoms with Crippen molar-refractivity contribution in [2.45, 2.75) is 37.6 Å². The fourth-order valence-corrected chi connectivity index (χ4v) is 5.38. The lowest BCUT2D eigenvalue weighted by Gasteiger charge is -2.34. The van der Waals surface area contributed by atoms with Crippen LogP contribution in [-0.4, -0.2) is 49.0 Å². The van der Waals surface area contributed by atoms with Crippen LogP contribution in [0.3, 0.4) is 0 Å². The lowest BCUT2D eigenvalue weighted by molar-refractivity contribution is -0.0440. The van der Waals surface area contributed by atoms with Crippen molar-refractivity contribution in [1.29, 1.82) is 0 Å². The number of pyridine rings is 1. The summed E-state index contributed by atoms with van der Waals surface area (Å²) >= 11 is 0. The Morgan fingerprint density at radius 3 is 2.56 bits per heavy atom. The van der Waals surface area contributed by atoms with Crippen LogP contribution in [0, 0.1) is 0 Å². The minimum atomic E-state index is -3.77. The van der Waals surface area contributed by atoms with Gasteiger partial charge in [-0.15, -0.1) is 0 Å². The van der Waals surface area contributed by atoms with Crippen molar-refractivity contribution in [1.82, 2.24) is 9.29 Å². The van der Waals surface area contributed by atoms with E-state index in [1.165, 1.54) is 28.6 Å². The van der Waals surface area contributed by atoms with Gasteiger partial charge in [-0.25, -0.2) is 13.2 Å². The SMILES string of the molecule is CC1CN(S(=O)(=O)c2cccc(C(=O)OCc3ccccc3Oc3cccnc3)c2)CC(C)O1. The number of nitrogens with zero attached hydrogens (tertiary/aromatic N) is 2. The molecule has 0 saturated carbocycles. The summed E-state index contributed by atoms with van der Waals surface area (Å²) in [6.07, 6.45) is 2.82. The van der Waals surface area contributed by atoms with Crippen LogP contribution in [0.15, 0.2) is 78.0 Å². The second-order valence-corrected chi connectivity index (χ2v) is 10.0. The summed E-state index contributed by atoms with van der Waals surface area (Å²) in [5.74, 6) is 0.470. The van der Waals surface area contributed by atoms with Crippen molar-refractivity contribution in [2.24, 2.45) is 0 Å². The van der Waals surface area contributed by atoms with Crippen molar-refractivity contribution in [3.8, 4) is 11.5 Å². The molecule has 0 amide bonds. The fraction of sp³-hybridized carbons (Fsp3) is 0.280. The Balaban J connectivity index is 1.47. The van der Waals surface area contributed by atoms with Gasteiger partial charge >= 0.3 is 5.97 Å². The summed E-state index contributed by atoms with van der Waals surface area (Å²) in [6.45, 7) is 4.15. The maximum Gasteiger partial charge on any atom is 0.338 e. The maximum atomic E-state index is 13.1. The first-order chi connectivity index (χ1) is 16.3. The average molecular weight is 483 g/mol. The predicted molar refractivity (Wildman–Crippen MR) is 125 cm³/mol. The van der Waals surface area contributed by atoms with Crippen LogP contribution in [0.2, 0.25) is 0 Å². The Bertz CT molecular complexity index is 1240. The summed E-state index contributed by atoms with van der Waals surface area (Å²) in [5.41, 5.74) is 0.820. The molecule has 2 heterocycles. The molecule has 2 atom stereocenters. The summed E-state index contributed by atoms with van der Waals surface area (Å²) in [7, 11) is -3.77. The normalized spacial score (nSPS) is 18.9. The number of aromatic nitrogens is 1. The summed E-state index contributed by atoms with van der Waals surface area (Å²) in [5, 5.41) is 0. The van der Waals surface area contributed by atoms with Gasteiger partial charge in [0, 0.05) is 24.8 Å². The van der Waals surface area contributed by atoms with Gasteiger partial charge in [0.1, 0.15) is 18.1 Å². The number of benzene rings is 2. The van der Waals surface area contributed by atoms with E-state index in [0.717, 1.165) is 0 Å². The summed E-state index contributed by atoms with van der Waals surface area (Å²) in [6, 6.07) is 16.6. The first-order valence-corrected chi connectivity index (χ1v) is 12.4. The summed E-state index contributed by atoms with van der Waals surface area (Å²) in [4.78, 5) is 16.8. The van der Waals surface area contributed by atoms with Crippen molar-refractivity contribution < 1.29 is 27.4 Å². The number of sulfonamides is 1. The van der Waals surface area contributed by atoms with Crippen LogP contribution < -0.4 is 4.74 Å². The van der Waals surface area contributed by atoms with Gasteiger partial charge in [-0.1, -0.05) is 24.3 Å². The van der Waals surface area contributed by atoms with E-state index in [-0.39, 0.29) is 42.4 Å². The number of esters is 1. The highest BCUT2D eigenvalue weighted by molar-refractivity contribution is 7.89. The molecule has 2 unspecified atom stereocenters. The third-order valence-corrected chi connectivity index (χ3v) is 7.11. The van der Waals surface area contributed by atoms with E-state index in [1.807, 2.05) is 26.0 Å². The third-order valence-electron chi connectivity index (χ3n) is 5.29. The Morgan fingerprint density at radius 1 is 1.06 bits per heavy atom. The van der Waals surface area contributed by atoms with Gasteiger partial charge in [-0.05, 0) is 50.2 Å². The van der Waals surface area contributed by atoms with Crippen LogP contribution in [0.4, 0.5) is 0 Å². The number of para-hydroxylation sites is 1. The lowest BCUT2D eigenvalue weighted by atomic mass is 10.2. The molecule has 178 valence electrons. The Kier molecular flexibility index (Phi) is 7.26. The smallest absolute Gasteiger partial charge is 0.338 e. The lowest BCUT2D eigenvalue weighted by Crippen LogP contribution is -2.48. The molecule has 8 nitrogen and oxygen atoms in total. The zero-order chi connectivity index (χ0) is 24.1. The molecule has 1 saturated heterocycles. The second kappa shape index (κ2) is 10.3. The first-order valence-electron chi connectivity index (χ1n) is 10.9. The number of hydrogen-bond donors (Lipinski definition) is 0. The second-order valence-electron chi connectivity index (χ2n) is 8.08. The van der Waals surface area contributed by atoms with E-state index in [4.69, 9.17) is 14.2 Å². The maximum absolute atomic E-state index is 13.1. The standard InChI is InChI=1S/C25H26N2O6S/c1-18-15-27(16-19(2)32-18)34(29,30)23-10-5-8-20(13-23)25(28)31-17-21-7-3-4-11-24(21)33-22-9-6-12-26-14-22/h3-14,18-19H,15-17H2,1-2H3. The fourth-order valence-electron chi connectivity index (χ4n) is 3.74. The summed E-state index contributed by atoms with van der Waals surface area (Å²) < 4.78 is 44.6. The molecule has 1 aliphatic rings. The van der Waals surface area contributed by atoms with E-state index in [1.54, 1.807) is 36.7 Å². The van der Waals surface area contributed by atoms with Crippen LogP contribution in [0.5, 0.6) is 11.5 Å². The van der Waals surface area contributed by atoms with Gasteiger partial charge in [-0.3, -0.25) is 4.98 Å². The first kappa shape index (κ1) is 23.9. The molecule has 3 aromatic rings. The van der Waals surface area contributed by atoms with E-state index < -0.39 is 16.0 Å². The minimum Gasteiger partial charge on any atom is -0.457 e. The quantitative estimate of drug-likeness (QED) is 0.469. The Hall–Kier alpha value is -3.27. The molecule has 0 radical (unpaired) electrons. The van der Waals surface area contributed by atoms with Gasteiger partial charge < -0.3 is 14.2 Å². The largest absolute Gasteiger partial charge is 0.457 e. The zero-order valence-electron chi connectivity index (χ0n) is 19.0. The molecule has 0 bridgehead atoms. The molecule has 0 spiro atoms. The number of morpholine rings is 1. The topological polar surface area (TPSA) is 95.0 Å². The van der Waals surface area contributed by atoms with Gasteiger partial charge in [0.25, 0.3) is 0 Å². The molecule has 1 aliphatic heterocycles. The predicted octanol–water partition coefficient (Wildman–Crippen LogP) is 4.03. The molecular weight excluding hydrogens is 456 g/mol. The van der Waals surface area contributed by atoms with Crippen molar-refractivity contribution in [2.75, 3.05) is 13.1 Å². The van der Waals surface area contributed by atoms with Crippen molar-refractivity contribution >= 4 is 16.0 Å². The highest BCUT2D eigenvalue weighted by Crippen LogP contribution is 2.26. The van der Waals surface area contributed by atoms with E-state index in [2.05, 4.69) is 4.98 Å². The minimum absolute atomic E-state index is 0.0370. The van der Waals surface area contributed by atoms with Crippen LogP contribution in [0.1, 0.15) is 29.8 Å². The highest BCUT2D eigenvalue weighted by Gasteiger charge is 2.32. The van der Waals surface area contributed by atoms with E-state index in [0.29, 0.717) is 17.1 Å². The van der Waals surface area contributed by atoms with Gasteiger partial charge in [-0.2, -0.15) is 4.31 Å².